The van der Waals surface area contributed by atoms with Crippen molar-refractivity contribution in [3.05, 3.63) is 22.4 Å². The number of hydrogen-bond donors (Lipinski definition) is 1. The van der Waals surface area contributed by atoms with Crippen molar-refractivity contribution in [2.24, 2.45) is 5.92 Å². The van der Waals surface area contributed by atoms with Crippen molar-refractivity contribution in [3.63, 3.8) is 0 Å². The molecule has 0 unspecified atom stereocenters. The summed E-state index contributed by atoms with van der Waals surface area (Å²) >= 11 is 1.81. The largest absolute Gasteiger partial charge is 0.351 e. The second-order valence-corrected chi connectivity index (χ2v) is 8.41. The standard InChI is InChI=1S/C19H31N3OS/c1-15(20-19(23)16-7-4-3-5-8-16)18(17-9-6-14-24-17)22-12-10-21(2)11-13-22/h6,9,14-16,18H,3-5,7-8,10-13H2,1-2H3,(H,20,23)/t15-,18-/m1/s1. The summed E-state index contributed by atoms with van der Waals surface area (Å²) in [5, 5.41) is 5.51. The lowest BCUT2D eigenvalue weighted by molar-refractivity contribution is -0.127. The molecule has 1 aromatic heterocycles. The zero-order chi connectivity index (χ0) is 16.9. The lowest BCUT2D eigenvalue weighted by Crippen LogP contribution is -2.52. The predicted molar refractivity (Wildman–Crippen MR) is 100 cm³/mol. The van der Waals surface area contributed by atoms with E-state index in [2.05, 4.69) is 46.6 Å². The molecule has 0 radical (unpaired) electrons. The van der Waals surface area contributed by atoms with E-state index in [9.17, 15) is 4.79 Å². The maximum Gasteiger partial charge on any atom is 0.223 e. The van der Waals surface area contributed by atoms with Crippen molar-refractivity contribution >= 4 is 17.2 Å². The fraction of sp³-hybridized carbons (Fsp3) is 0.737. The van der Waals surface area contributed by atoms with E-state index >= 15 is 0 Å². The first-order valence-corrected chi connectivity index (χ1v) is 10.3. The summed E-state index contributed by atoms with van der Waals surface area (Å²) in [5.74, 6) is 0.510. The van der Waals surface area contributed by atoms with Crippen LogP contribution in [0, 0.1) is 5.92 Å². The molecule has 24 heavy (non-hydrogen) atoms. The third-order valence-electron chi connectivity index (χ3n) is 5.59. The van der Waals surface area contributed by atoms with E-state index in [1.54, 1.807) is 0 Å². The maximum absolute atomic E-state index is 12.7. The Morgan fingerprint density at radius 3 is 2.54 bits per heavy atom. The summed E-state index contributed by atoms with van der Waals surface area (Å²) in [6, 6.07) is 4.79. The zero-order valence-corrected chi connectivity index (χ0v) is 15.9. The van der Waals surface area contributed by atoms with Gasteiger partial charge < -0.3 is 10.2 Å². The Morgan fingerprint density at radius 1 is 1.21 bits per heavy atom. The molecule has 1 saturated carbocycles. The van der Waals surface area contributed by atoms with Gasteiger partial charge in [0, 0.05) is 43.0 Å². The van der Waals surface area contributed by atoms with Gasteiger partial charge in [0.2, 0.25) is 5.91 Å². The quantitative estimate of drug-likeness (QED) is 0.887. The monoisotopic (exact) mass is 349 g/mol. The summed E-state index contributed by atoms with van der Waals surface area (Å²) in [7, 11) is 2.19. The number of amides is 1. The van der Waals surface area contributed by atoms with Gasteiger partial charge in [-0.1, -0.05) is 25.3 Å². The molecule has 1 aromatic rings. The van der Waals surface area contributed by atoms with Gasteiger partial charge in [0.25, 0.3) is 0 Å². The molecule has 2 fully saturated rings. The van der Waals surface area contributed by atoms with Gasteiger partial charge in [-0.2, -0.15) is 0 Å². The Balaban J connectivity index is 1.66. The summed E-state index contributed by atoms with van der Waals surface area (Å²) in [4.78, 5) is 19.0. The van der Waals surface area contributed by atoms with E-state index in [0.717, 1.165) is 39.0 Å². The van der Waals surface area contributed by atoms with Gasteiger partial charge in [0.05, 0.1) is 6.04 Å². The van der Waals surface area contributed by atoms with E-state index in [1.165, 1.54) is 24.1 Å². The van der Waals surface area contributed by atoms with Gasteiger partial charge in [0.1, 0.15) is 0 Å². The lowest BCUT2D eigenvalue weighted by atomic mass is 9.88. The van der Waals surface area contributed by atoms with Gasteiger partial charge >= 0.3 is 0 Å². The van der Waals surface area contributed by atoms with Crippen LogP contribution in [0.4, 0.5) is 0 Å². The minimum Gasteiger partial charge on any atom is -0.351 e. The van der Waals surface area contributed by atoms with E-state index in [0.29, 0.717) is 6.04 Å². The number of hydrogen-bond acceptors (Lipinski definition) is 4. The maximum atomic E-state index is 12.7. The average molecular weight is 350 g/mol. The number of rotatable bonds is 5. The van der Waals surface area contributed by atoms with Gasteiger partial charge in [-0.3, -0.25) is 9.69 Å². The van der Waals surface area contributed by atoms with Gasteiger partial charge in [-0.25, -0.2) is 0 Å². The average Bonchev–Trinajstić information content (AvgIpc) is 3.11. The molecule has 2 atom stereocenters. The Kier molecular flexibility index (Phi) is 6.31. The Bertz CT molecular complexity index is 505. The number of thiophene rings is 1. The van der Waals surface area contributed by atoms with Crippen molar-refractivity contribution in [1.82, 2.24) is 15.1 Å². The van der Waals surface area contributed by atoms with Crippen molar-refractivity contribution in [1.29, 1.82) is 0 Å². The van der Waals surface area contributed by atoms with Crippen LogP contribution in [0.1, 0.15) is 49.9 Å². The minimum absolute atomic E-state index is 0.154. The van der Waals surface area contributed by atoms with E-state index < -0.39 is 0 Å². The van der Waals surface area contributed by atoms with Crippen molar-refractivity contribution in [2.45, 2.75) is 51.1 Å². The molecule has 3 rings (SSSR count). The molecule has 1 amide bonds. The summed E-state index contributed by atoms with van der Waals surface area (Å²) in [6.45, 7) is 6.53. The molecule has 4 nitrogen and oxygen atoms in total. The van der Waals surface area contributed by atoms with Crippen molar-refractivity contribution in [2.75, 3.05) is 33.2 Å². The van der Waals surface area contributed by atoms with Gasteiger partial charge in [-0.05, 0) is 38.3 Å². The number of nitrogens with zero attached hydrogens (tertiary/aromatic N) is 2. The molecule has 0 spiro atoms. The van der Waals surface area contributed by atoms with Crippen LogP contribution in [0.15, 0.2) is 17.5 Å². The van der Waals surface area contributed by atoms with Crippen molar-refractivity contribution < 1.29 is 4.79 Å². The smallest absolute Gasteiger partial charge is 0.223 e. The molecule has 5 heteroatoms. The highest BCUT2D eigenvalue weighted by molar-refractivity contribution is 7.10. The third-order valence-corrected chi connectivity index (χ3v) is 6.53. The Labute approximate surface area is 150 Å². The molecule has 2 heterocycles. The number of likely N-dealkylation sites (N-methyl/N-ethyl adjacent to an activating group) is 1. The van der Waals surface area contributed by atoms with E-state index in [-0.39, 0.29) is 17.9 Å². The molecule has 134 valence electrons. The molecule has 0 bridgehead atoms. The topological polar surface area (TPSA) is 35.6 Å². The number of carbonyl (C=O) groups excluding carboxylic acids is 1. The summed E-state index contributed by atoms with van der Waals surface area (Å²) < 4.78 is 0. The molecular formula is C19H31N3OS. The fourth-order valence-corrected chi connectivity index (χ4v) is 5.05. The van der Waals surface area contributed by atoms with Crippen LogP contribution in [0.2, 0.25) is 0 Å². The number of nitrogens with one attached hydrogen (secondary N) is 1. The first-order valence-electron chi connectivity index (χ1n) is 9.41. The molecular weight excluding hydrogens is 318 g/mol. The number of piperazine rings is 1. The summed E-state index contributed by atoms with van der Waals surface area (Å²) in [5.41, 5.74) is 0. The predicted octanol–water partition coefficient (Wildman–Crippen LogP) is 3.12. The lowest BCUT2D eigenvalue weighted by Gasteiger charge is -2.40. The van der Waals surface area contributed by atoms with Crippen LogP contribution in [0.5, 0.6) is 0 Å². The SMILES string of the molecule is C[C@@H](NC(=O)C1CCCCC1)[C@H](c1cccs1)N1CCN(C)CC1. The minimum atomic E-state index is 0.154. The summed E-state index contributed by atoms with van der Waals surface area (Å²) in [6.07, 6.45) is 5.84. The van der Waals surface area contributed by atoms with Crippen LogP contribution in [-0.2, 0) is 4.79 Å². The second-order valence-electron chi connectivity index (χ2n) is 7.43. The molecule has 2 aliphatic rings. The van der Waals surface area contributed by atoms with Crippen LogP contribution >= 0.6 is 11.3 Å². The van der Waals surface area contributed by atoms with E-state index in [4.69, 9.17) is 0 Å². The van der Waals surface area contributed by atoms with Crippen LogP contribution in [0.25, 0.3) is 0 Å². The third kappa shape index (κ3) is 4.38. The zero-order valence-electron chi connectivity index (χ0n) is 15.0. The first kappa shape index (κ1) is 17.9. The fourth-order valence-electron chi connectivity index (χ4n) is 4.09. The first-order chi connectivity index (χ1) is 11.6. The second kappa shape index (κ2) is 8.45. The highest BCUT2D eigenvalue weighted by Crippen LogP contribution is 2.30. The number of carbonyl (C=O) groups is 1. The molecule has 1 N–H and O–H groups in total. The molecule has 0 aromatic carbocycles. The van der Waals surface area contributed by atoms with Gasteiger partial charge in [0.15, 0.2) is 0 Å². The Morgan fingerprint density at radius 2 is 1.92 bits per heavy atom. The van der Waals surface area contributed by atoms with Crippen LogP contribution in [-0.4, -0.2) is 55.0 Å². The highest BCUT2D eigenvalue weighted by Gasteiger charge is 2.31. The van der Waals surface area contributed by atoms with Crippen LogP contribution in [0.3, 0.4) is 0 Å². The van der Waals surface area contributed by atoms with Gasteiger partial charge in [-0.15, -0.1) is 11.3 Å². The highest BCUT2D eigenvalue weighted by atomic mass is 32.1. The Hall–Kier alpha value is -0.910. The normalized spacial score (nSPS) is 23.8. The molecule has 1 saturated heterocycles. The van der Waals surface area contributed by atoms with Crippen LogP contribution < -0.4 is 5.32 Å². The molecule has 1 aliphatic heterocycles. The molecule has 1 aliphatic carbocycles. The van der Waals surface area contributed by atoms with Crippen molar-refractivity contribution in [3.8, 4) is 0 Å². The van der Waals surface area contributed by atoms with E-state index in [1.807, 2.05) is 11.3 Å².